The lowest BCUT2D eigenvalue weighted by Gasteiger charge is -2.32. The number of carboxylic acids is 1. The molecule has 0 saturated carbocycles. The number of benzene rings is 2. The molecule has 9 heteroatoms. The summed E-state index contributed by atoms with van der Waals surface area (Å²) in [4.78, 5) is 25.1. The topological polar surface area (TPSA) is 106 Å². The molecule has 2 rings (SSSR count). The van der Waals surface area contributed by atoms with Crippen LogP contribution in [-0.2, 0) is 11.4 Å². The molecular weight excluding hydrogens is 506 g/mol. The Morgan fingerprint density at radius 1 is 1.09 bits per heavy atom. The third kappa shape index (κ3) is 6.74. The Balaban J connectivity index is 2.39. The van der Waals surface area contributed by atoms with Crippen molar-refractivity contribution in [2.75, 3.05) is 14.2 Å². The van der Waals surface area contributed by atoms with Crippen molar-refractivity contribution >= 4 is 27.7 Å². The summed E-state index contributed by atoms with van der Waals surface area (Å²) >= 11 is 3.31. The molecule has 0 aliphatic heterocycles. The smallest absolute Gasteiger partial charge is 0.341 e. The fourth-order valence-electron chi connectivity index (χ4n) is 2.86. The fraction of sp³-hybridized carbons (Fsp3) is 0.360. The van der Waals surface area contributed by atoms with Crippen LogP contribution in [0.3, 0.4) is 0 Å². The highest BCUT2D eigenvalue weighted by Crippen LogP contribution is 2.35. The molecule has 0 bridgehead atoms. The van der Waals surface area contributed by atoms with E-state index in [9.17, 15) is 19.9 Å². The highest BCUT2D eigenvalue weighted by molar-refractivity contribution is 9.10. The normalized spacial score (nSPS) is 12.6. The Morgan fingerprint density at radius 2 is 1.71 bits per heavy atom. The van der Waals surface area contributed by atoms with E-state index in [-0.39, 0.29) is 23.3 Å². The van der Waals surface area contributed by atoms with Crippen molar-refractivity contribution in [2.24, 2.45) is 5.41 Å². The number of rotatable bonds is 10. The van der Waals surface area contributed by atoms with Crippen molar-refractivity contribution in [3.8, 4) is 17.2 Å². The van der Waals surface area contributed by atoms with E-state index < -0.39 is 23.4 Å². The van der Waals surface area contributed by atoms with Gasteiger partial charge in [0.15, 0.2) is 11.5 Å². The van der Waals surface area contributed by atoms with Gasteiger partial charge < -0.3 is 19.3 Å². The summed E-state index contributed by atoms with van der Waals surface area (Å²) in [7, 11) is 3.04. The number of Topliss-reactive ketones (excluding diaryl/α,β-unsaturated/α-hetero) is 1. The summed E-state index contributed by atoms with van der Waals surface area (Å²) in [5.74, 6) is -0.920. The van der Waals surface area contributed by atoms with Crippen molar-refractivity contribution in [1.82, 2.24) is 5.06 Å². The van der Waals surface area contributed by atoms with Gasteiger partial charge in [0.2, 0.25) is 5.78 Å². The minimum absolute atomic E-state index is 0.0518. The van der Waals surface area contributed by atoms with Gasteiger partial charge in [0, 0.05) is 16.2 Å². The summed E-state index contributed by atoms with van der Waals surface area (Å²) in [6, 6.07) is 9.79. The molecule has 0 spiro atoms. The molecule has 8 nitrogen and oxygen atoms in total. The van der Waals surface area contributed by atoms with Gasteiger partial charge in [0.1, 0.15) is 17.9 Å². The Kier molecular flexibility index (Phi) is 9.12. The average Bonchev–Trinajstić information content (AvgIpc) is 2.79. The number of hydrogen-bond acceptors (Lipinski definition) is 7. The monoisotopic (exact) mass is 535 g/mol. The largest absolute Gasteiger partial charge is 0.497 e. The van der Waals surface area contributed by atoms with Gasteiger partial charge in [-0.15, -0.1) is 0 Å². The molecule has 1 atom stereocenters. The van der Waals surface area contributed by atoms with Crippen LogP contribution >= 0.6 is 15.9 Å². The molecule has 34 heavy (non-hydrogen) atoms. The summed E-state index contributed by atoms with van der Waals surface area (Å²) in [6.45, 7) is 7.59. The lowest BCUT2D eigenvalue weighted by Crippen LogP contribution is -2.37. The third-order valence-electron chi connectivity index (χ3n) is 5.44. The number of aliphatic carboxylic acids is 1. The van der Waals surface area contributed by atoms with Gasteiger partial charge in [-0.3, -0.25) is 15.1 Å². The van der Waals surface area contributed by atoms with Gasteiger partial charge in [-0.1, -0.05) is 32.9 Å². The Labute approximate surface area is 207 Å². The summed E-state index contributed by atoms with van der Waals surface area (Å²) < 4.78 is 16.7. The number of methoxy groups -OCH3 is 2. The number of ether oxygens (including phenoxy) is 3. The lowest BCUT2D eigenvalue weighted by atomic mass is 9.88. The van der Waals surface area contributed by atoms with Crippen LogP contribution < -0.4 is 14.2 Å². The zero-order chi connectivity index (χ0) is 25.6. The maximum atomic E-state index is 13.2. The van der Waals surface area contributed by atoms with E-state index in [0.717, 1.165) is 16.8 Å². The quantitative estimate of drug-likeness (QED) is 0.138. The first-order chi connectivity index (χ1) is 15.9. The maximum Gasteiger partial charge on any atom is 0.341 e. The molecular formula is C25H30BrNO7. The van der Waals surface area contributed by atoms with Crippen molar-refractivity contribution in [3.05, 3.63) is 63.8 Å². The molecule has 0 aromatic heterocycles. The van der Waals surface area contributed by atoms with E-state index in [1.54, 1.807) is 26.2 Å². The molecule has 2 aromatic rings. The van der Waals surface area contributed by atoms with Crippen LogP contribution in [-0.4, -0.2) is 47.4 Å². The van der Waals surface area contributed by atoms with Crippen LogP contribution in [0.25, 0.3) is 0 Å². The number of carbonyl (C=O) groups is 2. The van der Waals surface area contributed by atoms with Gasteiger partial charge in [0.25, 0.3) is 0 Å². The Bertz CT molecular complexity index is 1060. The summed E-state index contributed by atoms with van der Waals surface area (Å²) in [5, 5.41) is 20.8. The number of hydroxylamine groups is 2. The molecule has 0 saturated heterocycles. The van der Waals surface area contributed by atoms with E-state index in [0.29, 0.717) is 16.0 Å². The van der Waals surface area contributed by atoms with Crippen molar-refractivity contribution in [2.45, 2.75) is 40.3 Å². The first-order valence-corrected chi connectivity index (χ1v) is 11.3. The number of halogens is 1. The van der Waals surface area contributed by atoms with Crippen molar-refractivity contribution < 1.29 is 34.1 Å². The van der Waals surface area contributed by atoms with E-state index in [1.165, 1.54) is 19.2 Å². The molecule has 0 aliphatic rings. The van der Waals surface area contributed by atoms with Gasteiger partial charge in [0.05, 0.1) is 20.3 Å². The second-order valence-corrected chi connectivity index (χ2v) is 9.57. The average molecular weight is 536 g/mol. The van der Waals surface area contributed by atoms with E-state index in [1.807, 2.05) is 32.9 Å². The molecule has 0 radical (unpaired) electrons. The van der Waals surface area contributed by atoms with Gasteiger partial charge in [-0.05, 0) is 58.1 Å². The Hall–Kier alpha value is -3.04. The van der Waals surface area contributed by atoms with Crippen LogP contribution in [0.4, 0.5) is 0 Å². The molecule has 0 heterocycles. The number of carbonyl (C=O) groups excluding carboxylic acids is 1. The van der Waals surface area contributed by atoms with Gasteiger partial charge >= 0.3 is 5.97 Å². The van der Waals surface area contributed by atoms with Crippen LogP contribution in [0.15, 0.2) is 52.6 Å². The van der Waals surface area contributed by atoms with E-state index >= 15 is 0 Å². The first-order valence-electron chi connectivity index (χ1n) is 10.5. The molecule has 0 amide bonds. The predicted octanol–water partition coefficient (Wildman–Crippen LogP) is 5.32. The van der Waals surface area contributed by atoms with Crippen LogP contribution in [0, 0.1) is 5.41 Å². The van der Waals surface area contributed by atoms with Gasteiger partial charge in [-0.2, -0.15) is 0 Å². The second-order valence-electron chi connectivity index (χ2n) is 8.72. The number of nitrogens with zero attached hydrogens (tertiary/aromatic N) is 1. The van der Waals surface area contributed by atoms with Crippen molar-refractivity contribution in [1.29, 1.82) is 0 Å². The van der Waals surface area contributed by atoms with Crippen LogP contribution in [0.5, 0.6) is 17.2 Å². The minimum Gasteiger partial charge on any atom is -0.497 e. The molecule has 1 unspecified atom stereocenters. The number of ketones is 1. The third-order valence-corrected chi connectivity index (χ3v) is 6.09. The first kappa shape index (κ1) is 27.2. The molecule has 184 valence electrons. The molecule has 0 fully saturated rings. The minimum atomic E-state index is -1.46. The lowest BCUT2D eigenvalue weighted by molar-refractivity contribution is -0.133. The molecule has 2 aromatic carbocycles. The van der Waals surface area contributed by atoms with E-state index in [4.69, 9.17) is 14.2 Å². The zero-order valence-corrected chi connectivity index (χ0v) is 21.7. The number of hydrogen-bond donors (Lipinski definition) is 2. The zero-order valence-electron chi connectivity index (χ0n) is 20.1. The second kappa shape index (κ2) is 11.4. The van der Waals surface area contributed by atoms with Crippen LogP contribution in [0.2, 0.25) is 0 Å². The standard InChI is InChI=1S/C25H30BrNO7/c1-15(25(2,3)4)27(31)13-19(24(29)30)23(28)18-11-22(21(33-6)12-20(18)26)34-14-16-7-9-17(32-5)10-8-16/h7-13,15,31H,14H2,1-6H3,(H,29,30)/b19-13+. The Morgan fingerprint density at radius 3 is 2.21 bits per heavy atom. The summed E-state index contributed by atoms with van der Waals surface area (Å²) in [6.07, 6.45) is 0.940. The number of carboxylic acid groups (broad SMARTS) is 1. The van der Waals surface area contributed by atoms with Gasteiger partial charge in [-0.25, -0.2) is 4.79 Å². The van der Waals surface area contributed by atoms with E-state index in [2.05, 4.69) is 15.9 Å². The predicted molar refractivity (Wildman–Crippen MR) is 131 cm³/mol. The maximum absolute atomic E-state index is 13.2. The molecule has 0 aliphatic carbocycles. The van der Waals surface area contributed by atoms with Crippen LogP contribution in [0.1, 0.15) is 43.6 Å². The SMILES string of the molecule is COc1ccc(COc2cc(C(=O)/C(=C\N(O)C(C)C(C)(C)C)C(=O)O)c(Br)cc2OC)cc1. The highest BCUT2D eigenvalue weighted by Gasteiger charge is 2.28. The van der Waals surface area contributed by atoms with Crippen molar-refractivity contribution in [3.63, 3.8) is 0 Å². The molecule has 2 N–H and O–H groups in total. The summed E-state index contributed by atoms with van der Waals surface area (Å²) in [5.41, 5.74) is -0.0421. The fourth-order valence-corrected chi connectivity index (χ4v) is 3.36. The highest BCUT2D eigenvalue weighted by atomic mass is 79.9.